The van der Waals surface area contributed by atoms with Crippen LogP contribution in [0.5, 0.6) is 0 Å². The molecule has 0 saturated carbocycles. The van der Waals surface area contributed by atoms with Crippen LogP contribution < -0.4 is 10.2 Å². The Morgan fingerprint density at radius 3 is 2.74 bits per heavy atom. The topological polar surface area (TPSA) is 41.6 Å². The number of benzene rings is 2. The van der Waals surface area contributed by atoms with E-state index in [0.29, 0.717) is 37.0 Å². The molecule has 1 N–H and O–H groups in total. The van der Waals surface area contributed by atoms with Gasteiger partial charge in [0.25, 0.3) is 0 Å². The molecule has 1 heterocycles. The van der Waals surface area contributed by atoms with Crippen LogP contribution in [0, 0.1) is 5.82 Å². The fraction of sp³-hybridized carbons (Fsp3) is 0.286. The van der Waals surface area contributed by atoms with E-state index >= 15 is 0 Å². The number of nitrogens with zero attached hydrogens (tertiary/aromatic N) is 1. The number of rotatable bonds is 5. The second-order valence-corrected chi connectivity index (χ2v) is 6.80. The van der Waals surface area contributed by atoms with Crippen molar-refractivity contribution in [3.05, 3.63) is 70.5 Å². The molecule has 4 nitrogen and oxygen atoms in total. The van der Waals surface area contributed by atoms with Gasteiger partial charge in [0, 0.05) is 24.2 Å². The molecule has 2 aromatic rings. The quantitative estimate of drug-likeness (QED) is 0.780. The normalized spacial score (nSPS) is 15.7. The molecule has 1 unspecified atom stereocenters. The largest absolute Gasteiger partial charge is 0.378 e. The number of carbonyl (C=O) groups is 1. The highest BCUT2D eigenvalue weighted by Crippen LogP contribution is 2.25. The van der Waals surface area contributed by atoms with Crippen molar-refractivity contribution in [3.63, 3.8) is 0 Å². The monoisotopic (exact) mass is 388 g/mol. The van der Waals surface area contributed by atoms with Crippen LogP contribution in [0.1, 0.15) is 24.1 Å². The van der Waals surface area contributed by atoms with Crippen molar-refractivity contribution in [2.45, 2.75) is 13.0 Å². The molecule has 0 aliphatic carbocycles. The molecule has 3 rings (SSSR count). The van der Waals surface area contributed by atoms with Gasteiger partial charge in [-0.05, 0) is 42.3 Å². The average molecular weight is 389 g/mol. The SMILES string of the molecule is CC(NC(=O)/C=C/c1ccccc1Cl)c1ccc(F)c(N2CCOCC2)c1. The van der Waals surface area contributed by atoms with E-state index in [9.17, 15) is 9.18 Å². The highest BCUT2D eigenvalue weighted by atomic mass is 35.5. The molecule has 1 aliphatic heterocycles. The maximum Gasteiger partial charge on any atom is 0.244 e. The summed E-state index contributed by atoms with van der Waals surface area (Å²) in [6.07, 6.45) is 3.12. The maximum absolute atomic E-state index is 14.2. The number of carbonyl (C=O) groups excluding carboxylic acids is 1. The van der Waals surface area contributed by atoms with Crippen molar-refractivity contribution in [2.75, 3.05) is 31.2 Å². The van der Waals surface area contributed by atoms with Gasteiger partial charge in [0.2, 0.25) is 5.91 Å². The Labute approximate surface area is 163 Å². The highest BCUT2D eigenvalue weighted by molar-refractivity contribution is 6.32. The molecule has 0 bridgehead atoms. The second kappa shape index (κ2) is 9.02. The minimum Gasteiger partial charge on any atom is -0.378 e. The molecule has 1 saturated heterocycles. The number of ether oxygens (including phenoxy) is 1. The first-order chi connectivity index (χ1) is 13.0. The van der Waals surface area contributed by atoms with E-state index in [2.05, 4.69) is 5.32 Å². The van der Waals surface area contributed by atoms with Crippen LogP contribution in [0.3, 0.4) is 0 Å². The molecule has 142 valence electrons. The van der Waals surface area contributed by atoms with E-state index in [-0.39, 0.29) is 17.8 Å². The Hall–Kier alpha value is -2.37. The van der Waals surface area contributed by atoms with E-state index in [0.717, 1.165) is 11.1 Å². The number of morpholine rings is 1. The molecule has 2 aromatic carbocycles. The van der Waals surface area contributed by atoms with Crippen molar-refractivity contribution in [3.8, 4) is 0 Å². The lowest BCUT2D eigenvalue weighted by Gasteiger charge is -2.29. The van der Waals surface area contributed by atoms with E-state index in [4.69, 9.17) is 16.3 Å². The van der Waals surface area contributed by atoms with Gasteiger partial charge < -0.3 is 15.0 Å². The van der Waals surface area contributed by atoms with Gasteiger partial charge in [0.1, 0.15) is 5.82 Å². The number of amides is 1. The van der Waals surface area contributed by atoms with Gasteiger partial charge in [0.15, 0.2) is 0 Å². The lowest BCUT2D eigenvalue weighted by Crippen LogP contribution is -2.37. The standard InChI is InChI=1S/C21H22ClFN2O2/c1-15(24-21(26)9-7-16-4-2-3-5-18(16)22)17-6-8-19(23)20(14-17)25-10-12-27-13-11-25/h2-9,14-15H,10-13H2,1H3,(H,24,26)/b9-7+. The molecule has 6 heteroatoms. The van der Waals surface area contributed by atoms with Crippen molar-refractivity contribution < 1.29 is 13.9 Å². The van der Waals surface area contributed by atoms with Gasteiger partial charge in [-0.2, -0.15) is 0 Å². The summed E-state index contributed by atoms with van der Waals surface area (Å²) in [5.41, 5.74) is 2.17. The van der Waals surface area contributed by atoms with Crippen molar-refractivity contribution >= 4 is 29.3 Å². The molecule has 0 aromatic heterocycles. The first-order valence-corrected chi connectivity index (χ1v) is 9.27. The van der Waals surface area contributed by atoms with Gasteiger partial charge in [0.05, 0.1) is 24.9 Å². The Bertz CT molecular complexity index is 835. The fourth-order valence-corrected chi connectivity index (χ4v) is 3.16. The Balaban J connectivity index is 1.67. The number of halogens is 2. The highest BCUT2D eigenvalue weighted by Gasteiger charge is 2.17. The first kappa shape index (κ1) is 19.4. The summed E-state index contributed by atoms with van der Waals surface area (Å²) >= 11 is 6.08. The van der Waals surface area contributed by atoms with Crippen LogP contribution in [0.2, 0.25) is 5.02 Å². The lowest BCUT2D eigenvalue weighted by molar-refractivity contribution is -0.117. The smallest absolute Gasteiger partial charge is 0.244 e. The van der Waals surface area contributed by atoms with E-state index < -0.39 is 0 Å². The van der Waals surface area contributed by atoms with Crippen molar-refractivity contribution in [1.82, 2.24) is 5.32 Å². The van der Waals surface area contributed by atoms with Crippen LogP contribution in [-0.4, -0.2) is 32.2 Å². The van der Waals surface area contributed by atoms with E-state index in [1.54, 1.807) is 24.3 Å². The number of hydrogen-bond acceptors (Lipinski definition) is 3. The van der Waals surface area contributed by atoms with Crippen LogP contribution >= 0.6 is 11.6 Å². The van der Waals surface area contributed by atoms with E-state index in [1.165, 1.54) is 12.1 Å². The van der Waals surface area contributed by atoms with Gasteiger partial charge in [-0.3, -0.25) is 4.79 Å². The van der Waals surface area contributed by atoms with Crippen LogP contribution in [0.25, 0.3) is 6.08 Å². The van der Waals surface area contributed by atoms with Crippen molar-refractivity contribution in [2.24, 2.45) is 0 Å². The summed E-state index contributed by atoms with van der Waals surface area (Å²) in [5.74, 6) is -0.502. The molecule has 1 aliphatic rings. The predicted octanol–water partition coefficient (Wildman–Crippen LogP) is 4.21. The zero-order valence-electron chi connectivity index (χ0n) is 15.1. The molecule has 1 atom stereocenters. The third kappa shape index (κ3) is 5.08. The molecule has 0 radical (unpaired) electrons. The molecule has 0 spiro atoms. The summed E-state index contributed by atoms with van der Waals surface area (Å²) in [4.78, 5) is 14.2. The summed E-state index contributed by atoms with van der Waals surface area (Å²) in [7, 11) is 0. The van der Waals surface area contributed by atoms with Crippen molar-refractivity contribution in [1.29, 1.82) is 0 Å². The summed E-state index contributed by atoms with van der Waals surface area (Å²) in [6.45, 7) is 4.35. The van der Waals surface area contributed by atoms with Gasteiger partial charge in [-0.15, -0.1) is 0 Å². The van der Waals surface area contributed by atoms with Gasteiger partial charge >= 0.3 is 0 Å². The van der Waals surface area contributed by atoms with Crippen LogP contribution in [0.4, 0.5) is 10.1 Å². The molecule has 1 fully saturated rings. The summed E-state index contributed by atoms with van der Waals surface area (Å²) in [5, 5.41) is 3.49. The Kier molecular flexibility index (Phi) is 6.48. The minimum atomic E-state index is -0.266. The van der Waals surface area contributed by atoms with Gasteiger partial charge in [-0.25, -0.2) is 4.39 Å². The average Bonchev–Trinajstić information content (AvgIpc) is 2.68. The third-order valence-electron chi connectivity index (χ3n) is 4.50. The van der Waals surface area contributed by atoms with Crippen LogP contribution in [0.15, 0.2) is 48.5 Å². The molecular formula is C21H22ClFN2O2. The number of nitrogens with one attached hydrogen (secondary N) is 1. The van der Waals surface area contributed by atoms with Gasteiger partial charge in [-0.1, -0.05) is 35.9 Å². The zero-order valence-corrected chi connectivity index (χ0v) is 15.9. The van der Waals surface area contributed by atoms with E-state index in [1.807, 2.05) is 30.0 Å². The fourth-order valence-electron chi connectivity index (χ4n) is 2.97. The predicted molar refractivity (Wildman–Crippen MR) is 106 cm³/mol. The summed E-state index contributed by atoms with van der Waals surface area (Å²) < 4.78 is 19.6. The number of hydrogen-bond donors (Lipinski definition) is 1. The minimum absolute atomic E-state index is 0.236. The molecule has 1 amide bonds. The zero-order chi connectivity index (χ0) is 19.2. The third-order valence-corrected chi connectivity index (χ3v) is 4.84. The molecule has 27 heavy (non-hydrogen) atoms. The maximum atomic E-state index is 14.2. The molecular weight excluding hydrogens is 367 g/mol. The Morgan fingerprint density at radius 2 is 2.00 bits per heavy atom. The Morgan fingerprint density at radius 1 is 1.26 bits per heavy atom. The second-order valence-electron chi connectivity index (χ2n) is 6.40. The first-order valence-electron chi connectivity index (χ1n) is 8.90. The number of anilines is 1. The lowest BCUT2D eigenvalue weighted by atomic mass is 10.1. The van der Waals surface area contributed by atoms with Crippen LogP contribution in [-0.2, 0) is 9.53 Å². The summed E-state index contributed by atoms with van der Waals surface area (Å²) in [6, 6.07) is 12.0.